The number of hydrogen-bond donors (Lipinski definition) is 3. The maximum atomic E-state index is 12.0. The van der Waals surface area contributed by atoms with E-state index in [1.807, 2.05) is 52.1 Å². The Balaban J connectivity index is 0.000000654. The fraction of sp³-hybridized carbons (Fsp3) is 0.433. The van der Waals surface area contributed by atoms with Gasteiger partial charge in [0.15, 0.2) is 18.3 Å². The SMILES string of the molecule is C=C(/C=C\C)C1CCCN1C(=O)C(O)C(O)C=O.C=C/C=C\C(=C/C)Cc1coc(CCNC)n1.C=CC. The molecule has 3 N–H and O–H groups in total. The Labute approximate surface area is 227 Å². The summed E-state index contributed by atoms with van der Waals surface area (Å²) in [5.41, 5.74) is 2.97. The van der Waals surface area contributed by atoms with Gasteiger partial charge in [-0.25, -0.2) is 4.98 Å². The van der Waals surface area contributed by atoms with Crippen LogP contribution in [-0.2, 0) is 22.4 Å². The maximum absolute atomic E-state index is 12.0. The molecule has 8 nitrogen and oxygen atoms in total. The summed E-state index contributed by atoms with van der Waals surface area (Å²) >= 11 is 0. The minimum atomic E-state index is -1.69. The minimum Gasteiger partial charge on any atom is -0.449 e. The Hall–Kier alpha value is -3.33. The predicted molar refractivity (Wildman–Crippen MR) is 154 cm³/mol. The van der Waals surface area contributed by atoms with Gasteiger partial charge >= 0.3 is 0 Å². The highest BCUT2D eigenvalue weighted by molar-refractivity contribution is 5.85. The van der Waals surface area contributed by atoms with Crippen LogP contribution in [0.3, 0.4) is 0 Å². The zero-order chi connectivity index (χ0) is 28.9. The summed E-state index contributed by atoms with van der Waals surface area (Å²) in [7, 11) is 1.92. The van der Waals surface area contributed by atoms with Crippen molar-refractivity contribution in [3.8, 4) is 0 Å². The second-order valence-corrected chi connectivity index (χ2v) is 8.47. The van der Waals surface area contributed by atoms with E-state index in [4.69, 9.17) is 4.42 Å². The van der Waals surface area contributed by atoms with Gasteiger partial charge in [0.25, 0.3) is 5.91 Å². The van der Waals surface area contributed by atoms with Crippen molar-refractivity contribution in [3.63, 3.8) is 0 Å². The molecule has 1 amide bonds. The first-order valence-electron chi connectivity index (χ1n) is 12.8. The Kier molecular flexibility index (Phi) is 18.9. The van der Waals surface area contributed by atoms with E-state index in [1.165, 1.54) is 10.5 Å². The lowest BCUT2D eigenvalue weighted by atomic mass is 10.1. The van der Waals surface area contributed by atoms with Crippen molar-refractivity contribution in [2.24, 2.45) is 0 Å². The number of oxazole rings is 1. The van der Waals surface area contributed by atoms with E-state index >= 15 is 0 Å². The van der Waals surface area contributed by atoms with E-state index in [0.717, 1.165) is 49.4 Å². The summed E-state index contributed by atoms with van der Waals surface area (Å²) in [6.45, 7) is 18.1. The lowest BCUT2D eigenvalue weighted by Gasteiger charge is -2.28. The molecule has 38 heavy (non-hydrogen) atoms. The molecule has 2 heterocycles. The van der Waals surface area contributed by atoms with Crippen LogP contribution in [0.15, 0.2) is 84.1 Å². The van der Waals surface area contributed by atoms with Gasteiger partial charge in [0.2, 0.25) is 0 Å². The van der Waals surface area contributed by atoms with Gasteiger partial charge in [0.1, 0.15) is 12.4 Å². The molecule has 210 valence electrons. The van der Waals surface area contributed by atoms with Gasteiger partial charge in [-0.3, -0.25) is 4.79 Å². The number of aldehydes is 1. The van der Waals surface area contributed by atoms with Gasteiger partial charge < -0.3 is 29.6 Å². The summed E-state index contributed by atoms with van der Waals surface area (Å²) in [6.07, 6.45) is 14.9. The largest absolute Gasteiger partial charge is 0.449 e. The van der Waals surface area contributed by atoms with E-state index in [-0.39, 0.29) is 12.3 Å². The fourth-order valence-electron chi connectivity index (χ4n) is 3.57. The zero-order valence-corrected chi connectivity index (χ0v) is 23.3. The zero-order valence-electron chi connectivity index (χ0n) is 23.3. The molecule has 0 aliphatic carbocycles. The summed E-state index contributed by atoms with van der Waals surface area (Å²) in [4.78, 5) is 28.2. The lowest BCUT2D eigenvalue weighted by Crippen LogP contribution is -2.47. The van der Waals surface area contributed by atoms with Crippen molar-refractivity contribution in [3.05, 3.63) is 91.3 Å². The van der Waals surface area contributed by atoms with Gasteiger partial charge in [-0.15, -0.1) is 6.58 Å². The molecule has 1 aliphatic rings. The Morgan fingerprint density at radius 3 is 2.53 bits per heavy atom. The molecular formula is C30H45N3O5. The van der Waals surface area contributed by atoms with Crippen LogP contribution in [0.4, 0.5) is 0 Å². The minimum absolute atomic E-state index is 0.161. The maximum Gasteiger partial charge on any atom is 0.255 e. The number of carbonyl (C=O) groups is 2. The molecule has 0 aromatic carbocycles. The number of hydrogen-bond acceptors (Lipinski definition) is 7. The number of likely N-dealkylation sites (tertiary alicyclic amines) is 1. The third-order valence-corrected chi connectivity index (χ3v) is 5.45. The smallest absolute Gasteiger partial charge is 0.255 e. The summed E-state index contributed by atoms with van der Waals surface area (Å²) in [5.74, 6) is 0.167. The number of aliphatic hydroxyl groups is 2. The Morgan fingerprint density at radius 1 is 1.29 bits per heavy atom. The number of amides is 1. The molecule has 1 aromatic heterocycles. The number of aliphatic hydroxyl groups excluding tert-OH is 2. The van der Waals surface area contributed by atoms with Crippen molar-refractivity contribution >= 4 is 12.2 Å². The molecule has 3 atom stereocenters. The molecule has 1 aliphatic heterocycles. The van der Waals surface area contributed by atoms with E-state index in [2.05, 4.69) is 36.1 Å². The van der Waals surface area contributed by atoms with E-state index in [9.17, 15) is 19.8 Å². The first-order valence-corrected chi connectivity index (χ1v) is 12.8. The van der Waals surface area contributed by atoms with Crippen LogP contribution in [-0.4, -0.2) is 70.7 Å². The number of allylic oxidation sites excluding steroid dienone is 7. The predicted octanol–water partition coefficient (Wildman–Crippen LogP) is 3.89. The van der Waals surface area contributed by atoms with E-state index < -0.39 is 18.1 Å². The highest BCUT2D eigenvalue weighted by atomic mass is 16.3. The molecule has 0 saturated carbocycles. The van der Waals surface area contributed by atoms with Crippen LogP contribution in [0.25, 0.3) is 0 Å². The van der Waals surface area contributed by atoms with Gasteiger partial charge in [-0.05, 0) is 51.8 Å². The number of nitrogens with one attached hydrogen (secondary N) is 1. The molecule has 1 fully saturated rings. The van der Waals surface area contributed by atoms with E-state index in [1.54, 1.807) is 18.4 Å². The van der Waals surface area contributed by atoms with Crippen LogP contribution in [0, 0.1) is 0 Å². The van der Waals surface area contributed by atoms with Gasteiger partial charge in [-0.1, -0.05) is 55.7 Å². The molecule has 0 bridgehead atoms. The molecular weight excluding hydrogens is 482 g/mol. The number of nitrogens with zero attached hydrogens (tertiary/aromatic N) is 2. The van der Waals surface area contributed by atoms with Crippen molar-refractivity contribution in [1.82, 2.24) is 15.2 Å². The first-order chi connectivity index (χ1) is 18.2. The Morgan fingerprint density at radius 2 is 1.97 bits per heavy atom. The third-order valence-electron chi connectivity index (χ3n) is 5.45. The summed E-state index contributed by atoms with van der Waals surface area (Å²) in [6, 6.07) is -0.165. The van der Waals surface area contributed by atoms with E-state index in [0.29, 0.717) is 6.54 Å². The average Bonchev–Trinajstić information content (AvgIpc) is 3.59. The van der Waals surface area contributed by atoms with Crippen LogP contribution in [0.1, 0.15) is 45.2 Å². The quantitative estimate of drug-likeness (QED) is 0.215. The molecule has 8 heteroatoms. The third kappa shape index (κ3) is 12.8. The lowest BCUT2D eigenvalue weighted by molar-refractivity contribution is -0.148. The number of carbonyl (C=O) groups excluding carboxylic acids is 2. The van der Waals surface area contributed by atoms with Crippen LogP contribution < -0.4 is 5.32 Å². The van der Waals surface area contributed by atoms with Crippen LogP contribution in [0.2, 0.25) is 0 Å². The van der Waals surface area contributed by atoms with Gasteiger partial charge in [0.05, 0.1) is 11.7 Å². The van der Waals surface area contributed by atoms with Crippen molar-refractivity contribution in [2.45, 2.75) is 64.7 Å². The summed E-state index contributed by atoms with van der Waals surface area (Å²) < 4.78 is 5.39. The normalized spacial score (nSPS) is 16.7. The van der Waals surface area contributed by atoms with Crippen molar-refractivity contribution < 1.29 is 24.2 Å². The number of aromatic nitrogens is 1. The number of rotatable bonds is 12. The molecule has 0 radical (unpaired) electrons. The van der Waals surface area contributed by atoms with Crippen LogP contribution in [0.5, 0.6) is 0 Å². The monoisotopic (exact) mass is 527 g/mol. The molecule has 3 unspecified atom stereocenters. The highest BCUT2D eigenvalue weighted by Gasteiger charge is 2.35. The topological polar surface area (TPSA) is 116 Å². The number of likely N-dealkylation sites (N-methyl/N-ethyl adjacent to an activating group) is 1. The van der Waals surface area contributed by atoms with Crippen LogP contribution >= 0.6 is 0 Å². The second-order valence-electron chi connectivity index (χ2n) is 8.47. The molecule has 1 aromatic rings. The second kappa shape index (κ2) is 20.7. The van der Waals surface area contributed by atoms with Gasteiger partial charge in [0, 0.05) is 25.9 Å². The molecule has 0 spiro atoms. The van der Waals surface area contributed by atoms with Crippen molar-refractivity contribution in [2.75, 3.05) is 20.1 Å². The van der Waals surface area contributed by atoms with Crippen molar-refractivity contribution in [1.29, 1.82) is 0 Å². The average molecular weight is 528 g/mol. The first kappa shape index (κ1) is 34.7. The highest BCUT2D eigenvalue weighted by Crippen LogP contribution is 2.24. The summed E-state index contributed by atoms with van der Waals surface area (Å²) in [5, 5.41) is 21.8. The molecule has 2 rings (SSSR count). The van der Waals surface area contributed by atoms with Gasteiger partial charge in [-0.2, -0.15) is 0 Å². The standard InChI is InChI=1S/C14H20N2O.C13H19NO4.C3H6/c1-4-6-7-12(5-2)10-13-11-17-14(16-13)8-9-15-3;1-3-5-9(2)10-6-4-7-14(10)13(18)12(17)11(16)8-15;1-3-2/h4-7,11,15H,1,8-10H2,2-3H3;3,5,8,10-12,16-17H,2,4,6-7H2,1H3;3H,1H2,2H3/b7-6-,12-5+;5-3-;. The fourth-order valence-corrected chi connectivity index (χ4v) is 3.57. The Bertz CT molecular complexity index is 961. The molecule has 1 saturated heterocycles.